The first-order valence-corrected chi connectivity index (χ1v) is 9.79. The lowest BCUT2D eigenvalue weighted by Gasteiger charge is -2.16. The largest absolute Gasteiger partial charge is 0.495 e. The van der Waals surface area contributed by atoms with Crippen molar-refractivity contribution in [3.8, 4) is 11.5 Å². The molecule has 0 bridgehead atoms. The number of para-hydroxylation sites is 1. The van der Waals surface area contributed by atoms with Crippen molar-refractivity contribution in [1.29, 1.82) is 0 Å². The number of hydrogen-bond acceptors (Lipinski definition) is 5. The second kappa shape index (κ2) is 8.39. The van der Waals surface area contributed by atoms with Gasteiger partial charge in [-0.3, -0.25) is 9.59 Å². The number of nitrogens with one attached hydrogen (secondary N) is 2. The SMILES string of the molecule is COc1cc2c(cc1NC(=O)[C@@H](C)Oc1ccc(NC(C)=O)cc1)oc1ccccc12. The molecule has 3 aromatic carbocycles. The lowest BCUT2D eigenvalue weighted by atomic mass is 10.1. The summed E-state index contributed by atoms with van der Waals surface area (Å²) in [6, 6.07) is 18.1. The van der Waals surface area contributed by atoms with Crippen LogP contribution in [0.15, 0.2) is 65.1 Å². The summed E-state index contributed by atoms with van der Waals surface area (Å²) >= 11 is 0. The van der Waals surface area contributed by atoms with Crippen LogP contribution in [0, 0.1) is 0 Å². The topological polar surface area (TPSA) is 89.8 Å². The molecule has 7 nitrogen and oxygen atoms in total. The van der Waals surface area contributed by atoms with Gasteiger partial charge in [0, 0.05) is 29.4 Å². The molecule has 7 heteroatoms. The third-order valence-corrected chi connectivity index (χ3v) is 4.81. The zero-order valence-electron chi connectivity index (χ0n) is 17.4. The molecule has 158 valence electrons. The van der Waals surface area contributed by atoms with Gasteiger partial charge in [-0.15, -0.1) is 0 Å². The van der Waals surface area contributed by atoms with Crippen LogP contribution in [0.25, 0.3) is 21.9 Å². The normalized spacial score (nSPS) is 11.8. The van der Waals surface area contributed by atoms with Crippen molar-refractivity contribution in [2.24, 2.45) is 0 Å². The number of amides is 2. The van der Waals surface area contributed by atoms with Crippen LogP contribution in [-0.2, 0) is 9.59 Å². The molecule has 2 amide bonds. The maximum atomic E-state index is 12.7. The molecule has 0 saturated heterocycles. The summed E-state index contributed by atoms with van der Waals surface area (Å²) < 4.78 is 17.1. The Balaban J connectivity index is 1.51. The molecule has 0 radical (unpaired) electrons. The van der Waals surface area contributed by atoms with E-state index in [0.29, 0.717) is 28.5 Å². The summed E-state index contributed by atoms with van der Waals surface area (Å²) in [6.07, 6.45) is -0.761. The fourth-order valence-electron chi connectivity index (χ4n) is 3.33. The highest BCUT2D eigenvalue weighted by molar-refractivity contribution is 6.08. The second-order valence-electron chi connectivity index (χ2n) is 7.10. The average Bonchev–Trinajstić information content (AvgIpc) is 3.11. The summed E-state index contributed by atoms with van der Waals surface area (Å²) in [5, 5.41) is 7.42. The monoisotopic (exact) mass is 418 g/mol. The summed E-state index contributed by atoms with van der Waals surface area (Å²) in [4.78, 5) is 23.8. The highest BCUT2D eigenvalue weighted by atomic mass is 16.5. The van der Waals surface area contributed by atoms with Gasteiger partial charge in [-0.2, -0.15) is 0 Å². The Morgan fingerprint density at radius 1 is 0.935 bits per heavy atom. The van der Waals surface area contributed by atoms with Gasteiger partial charge in [0.2, 0.25) is 5.91 Å². The van der Waals surface area contributed by atoms with Gasteiger partial charge >= 0.3 is 0 Å². The molecule has 2 N–H and O–H groups in total. The Morgan fingerprint density at radius 3 is 2.39 bits per heavy atom. The molecule has 0 spiro atoms. The number of carbonyl (C=O) groups excluding carboxylic acids is 2. The molecule has 0 aliphatic rings. The average molecular weight is 418 g/mol. The van der Waals surface area contributed by atoms with Gasteiger partial charge in [-0.25, -0.2) is 0 Å². The fourth-order valence-corrected chi connectivity index (χ4v) is 3.33. The van der Waals surface area contributed by atoms with E-state index in [1.165, 1.54) is 6.92 Å². The predicted molar refractivity (Wildman–Crippen MR) is 120 cm³/mol. The lowest BCUT2D eigenvalue weighted by Crippen LogP contribution is -2.30. The number of carbonyl (C=O) groups is 2. The molecule has 1 atom stereocenters. The van der Waals surface area contributed by atoms with Crippen LogP contribution in [0.1, 0.15) is 13.8 Å². The minimum Gasteiger partial charge on any atom is -0.495 e. The van der Waals surface area contributed by atoms with Crippen LogP contribution >= 0.6 is 0 Å². The van der Waals surface area contributed by atoms with Gasteiger partial charge in [0.05, 0.1) is 12.8 Å². The van der Waals surface area contributed by atoms with Crippen LogP contribution < -0.4 is 20.1 Å². The van der Waals surface area contributed by atoms with Crippen molar-refractivity contribution in [3.63, 3.8) is 0 Å². The zero-order chi connectivity index (χ0) is 22.0. The molecular weight excluding hydrogens is 396 g/mol. The van der Waals surface area contributed by atoms with E-state index in [1.54, 1.807) is 44.4 Å². The maximum Gasteiger partial charge on any atom is 0.265 e. The standard InChI is InChI=1S/C24H22N2O5/c1-14(30-17-10-8-16(9-11-17)25-15(2)27)24(28)26-20-13-22-19(12-23(20)29-3)18-6-4-5-7-21(18)31-22/h4-14H,1-3H3,(H,25,27)(H,26,28)/t14-/m1/s1. The van der Waals surface area contributed by atoms with E-state index in [2.05, 4.69) is 10.6 Å². The van der Waals surface area contributed by atoms with Crippen LogP contribution in [0.5, 0.6) is 11.5 Å². The first kappa shape index (κ1) is 20.3. The van der Waals surface area contributed by atoms with Gasteiger partial charge in [-0.1, -0.05) is 18.2 Å². The Bertz CT molecular complexity index is 1260. The molecule has 1 heterocycles. The molecule has 4 rings (SSSR count). The van der Waals surface area contributed by atoms with Gasteiger partial charge < -0.3 is 24.5 Å². The molecule has 0 aliphatic heterocycles. The van der Waals surface area contributed by atoms with Gasteiger partial charge in [0.15, 0.2) is 6.10 Å². The summed E-state index contributed by atoms with van der Waals surface area (Å²) in [7, 11) is 1.55. The number of methoxy groups -OCH3 is 1. The van der Waals surface area contributed by atoms with Crippen molar-refractivity contribution in [3.05, 3.63) is 60.7 Å². The van der Waals surface area contributed by atoms with E-state index in [4.69, 9.17) is 13.9 Å². The van der Waals surface area contributed by atoms with Crippen molar-refractivity contribution in [2.75, 3.05) is 17.7 Å². The summed E-state index contributed by atoms with van der Waals surface area (Å²) in [6.45, 7) is 3.09. The van der Waals surface area contributed by atoms with Crippen LogP contribution in [0.4, 0.5) is 11.4 Å². The third kappa shape index (κ3) is 4.30. The van der Waals surface area contributed by atoms with Gasteiger partial charge in [0.25, 0.3) is 5.91 Å². The first-order valence-electron chi connectivity index (χ1n) is 9.79. The number of fused-ring (bicyclic) bond motifs is 3. The number of hydrogen-bond donors (Lipinski definition) is 2. The van der Waals surface area contributed by atoms with E-state index in [9.17, 15) is 9.59 Å². The van der Waals surface area contributed by atoms with Crippen LogP contribution in [0.2, 0.25) is 0 Å². The second-order valence-corrected chi connectivity index (χ2v) is 7.10. The molecule has 1 aromatic heterocycles. The number of benzene rings is 3. The minimum atomic E-state index is -0.761. The number of furan rings is 1. The van der Waals surface area contributed by atoms with Crippen molar-refractivity contribution >= 4 is 45.1 Å². The highest BCUT2D eigenvalue weighted by Gasteiger charge is 2.19. The van der Waals surface area contributed by atoms with E-state index in [-0.39, 0.29) is 11.8 Å². The number of anilines is 2. The van der Waals surface area contributed by atoms with E-state index in [1.807, 2.05) is 30.3 Å². The fraction of sp³-hybridized carbons (Fsp3) is 0.167. The Labute approximate surface area is 178 Å². The maximum absolute atomic E-state index is 12.7. The quantitative estimate of drug-likeness (QED) is 0.462. The van der Waals surface area contributed by atoms with E-state index in [0.717, 1.165) is 16.4 Å². The van der Waals surface area contributed by atoms with Crippen LogP contribution in [0.3, 0.4) is 0 Å². The number of rotatable bonds is 6. The van der Waals surface area contributed by atoms with Gasteiger partial charge in [0.1, 0.15) is 22.7 Å². The smallest absolute Gasteiger partial charge is 0.265 e. The Hall–Kier alpha value is -4.00. The molecular formula is C24H22N2O5. The van der Waals surface area contributed by atoms with Crippen molar-refractivity contribution in [1.82, 2.24) is 0 Å². The Morgan fingerprint density at radius 2 is 1.68 bits per heavy atom. The third-order valence-electron chi connectivity index (χ3n) is 4.81. The van der Waals surface area contributed by atoms with Crippen LogP contribution in [-0.4, -0.2) is 25.0 Å². The van der Waals surface area contributed by atoms with E-state index < -0.39 is 6.10 Å². The molecule has 0 fully saturated rings. The molecule has 0 saturated carbocycles. The summed E-state index contributed by atoms with van der Waals surface area (Å²) in [5.41, 5.74) is 2.57. The molecule has 4 aromatic rings. The highest BCUT2D eigenvalue weighted by Crippen LogP contribution is 2.36. The van der Waals surface area contributed by atoms with Crippen molar-refractivity contribution in [2.45, 2.75) is 20.0 Å². The predicted octanol–water partition coefficient (Wildman–Crippen LogP) is 4.96. The molecule has 31 heavy (non-hydrogen) atoms. The Kier molecular flexibility index (Phi) is 5.49. The van der Waals surface area contributed by atoms with E-state index >= 15 is 0 Å². The first-order chi connectivity index (χ1) is 14.9. The van der Waals surface area contributed by atoms with Crippen molar-refractivity contribution < 1.29 is 23.5 Å². The molecule has 0 unspecified atom stereocenters. The summed E-state index contributed by atoms with van der Waals surface area (Å²) in [5.74, 6) is 0.548. The zero-order valence-corrected chi connectivity index (χ0v) is 17.4. The molecule has 0 aliphatic carbocycles. The van der Waals surface area contributed by atoms with Gasteiger partial charge in [-0.05, 0) is 43.3 Å². The minimum absolute atomic E-state index is 0.156. The number of ether oxygens (including phenoxy) is 2. The lowest BCUT2D eigenvalue weighted by molar-refractivity contribution is -0.122.